The first-order valence-corrected chi connectivity index (χ1v) is 7.00. The molecule has 0 aromatic heterocycles. The number of hydrogen-bond acceptors (Lipinski definition) is 4. The number of hydrogen-bond donors (Lipinski definition) is 2. The minimum absolute atomic E-state index is 0.128. The third-order valence-corrected chi connectivity index (χ3v) is 3.64. The molecule has 4 nitrogen and oxygen atoms in total. The van der Waals surface area contributed by atoms with E-state index in [0.717, 1.165) is 29.0 Å². The molecule has 0 saturated carbocycles. The summed E-state index contributed by atoms with van der Waals surface area (Å²) in [5, 5.41) is 0. The molecular weight excluding hydrogens is 264 g/mol. The number of rotatable bonds is 6. The first kappa shape index (κ1) is 15.4. The number of ether oxygens (including phenoxy) is 2. The van der Waals surface area contributed by atoms with Crippen molar-refractivity contribution >= 4 is 0 Å². The maximum absolute atomic E-state index is 5.76. The number of benzene rings is 2. The van der Waals surface area contributed by atoms with E-state index >= 15 is 0 Å². The van der Waals surface area contributed by atoms with Crippen molar-refractivity contribution in [2.24, 2.45) is 5.84 Å². The number of aryl methyl sites for hydroxylation is 1. The molecule has 21 heavy (non-hydrogen) atoms. The molecule has 0 aliphatic rings. The van der Waals surface area contributed by atoms with E-state index in [2.05, 4.69) is 36.6 Å². The maximum atomic E-state index is 5.76. The van der Waals surface area contributed by atoms with E-state index in [1.165, 1.54) is 5.56 Å². The molecule has 0 saturated heterocycles. The van der Waals surface area contributed by atoms with E-state index < -0.39 is 0 Å². The van der Waals surface area contributed by atoms with Gasteiger partial charge in [0.1, 0.15) is 11.5 Å². The second-order valence-corrected chi connectivity index (χ2v) is 4.80. The second-order valence-electron chi connectivity index (χ2n) is 4.80. The van der Waals surface area contributed by atoms with Crippen LogP contribution in [-0.2, 0) is 6.42 Å². The first-order valence-electron chi connectivity index (χ1n) is 7.00. The quantitative estimate of drug-likeness (QED) is 0.633. The van der Waals surface area contributed by atoms with Crippen molar-refractivity contribution in [3.05, 3.63) is 59.2 Å². The fraction of sp³-hybridized carbons (Fsp3) is 0.294. The van der Waals surface area contributed by atoms with E-state index in [4.69, 9.17) is 15.3 Å². The zero-order chi connectivity index (χ0) is 15.2. The standard InChI is InChI=1S/C17H22N2O2/c1-4-12-5-7-13(8-6-12)17(19-18)15-10-9-14(20-2)11-16(15)21-3/h5-11,17,19H,4,18H2,1-3H3. The average molecular weight is 286 g/mol. The maximum Gasteiger partial charge on any atom is 0.127 e. The highest BCUT2D eigenvalue weighted by Gasteiger charge is 2.17. The van der Waals surface area contributed by atoms with E-state index in [-0.39, 0.29) is 6.04 Å². The lowest BCUT2D eigenvalue weighted by atomic mass is 9.97. The van der Waals surface area contributed by atoms with Gasteiger partial charge in [0.2, 0.25) is 0 Å². The van der Waals surface area contributed by atoms with Gasteiger partial charge < -0.3 is 9.47 Å². The average Bonchev–Trinajstić information content (AvgIpc) is 2.56. The summed E-state index contributed by atoms with van der Waals surface area (Å²) in [6, 6.07) is 14.0. The number of nitrogens with one attached hydrogen (secondary N) is 1. The summed E-state index contributed by atoms with van der Waals surface area (Å²) >= 11 is 0. The number of nitrogens with two attached hydrogens (primary N) is 1. The van der Waals surface area contributed by atoms with Gasteiger partial charge in [0, 0.05) is 11.6 Å². The summed E-state index contributed by atoms with van der Waals surface area (Å²) in [5.74, 6) is 7.27. The van der Waals surface area contributed by atoms with Crippen molar-refractivity contribution in [2.45, 2.75) is 19.4 Å². The molecular formula is C17H22N2O2. The van der Waals surface area contributed by atoms with Crippen LogP contribution in [0.2, 0.25) is 0 Å². The van der Waals surface area contributed by atoms with Crippen LogP contribution in [0.1, 0.15) is 29.7 Å². The van der Waals surface area contributed by atoms with Crippen LogP contribution in [-0.4, -0.2) is 14.2 Å². The normalized spacial score (nSPS) is 12.0. The van der Waals surface area contributed by atoms with Crippen LogP contribution in [0, 0.1) is 0 Å². The topological polar surface area (TPSA) is 56.5 Å². The molecule has 0 amide bonds. The molecule has 0 aliphatic carbocycles. The Labute approximate surface area is 125 Å². The van der Waals surface area contributed by atoms with E-state index in [9.17, 15) is 0 Å². The summed E-state index contributed by atoms with van der Waals surface area (Å²) < 4.78 is 10.7. The summed E-state index contributed by atoms with van der Waals surface area (Å²) in [4.78, 5) is 0. The van der Waals surface area contributed by atoms with Gasteiger partial charge >= 0.3 is 0 Å². The second kappa shape index (κ2) is 7.11. The Kier molecular flexibility index (Phi) is 5.20. The Hall–Kier alpha value is -2.04. The molecule has 0 spiro atoms. The molecule has 4 heteroatoms. The van der Waals surface area contributed by atoms with E-state index in [1.54, 1.807) is 14.2 Å². The fourth-order valence-electron chi connectivity index (χ4n) is 2.37. The molecule has 3 N–H and O–H groups in total. The van der Waals surface area contributed by atoms with Crippen LogP contribution >= 0.6 is 0 Å². The van der Waals surface area contributed by atoms with Crippen molar-refractivity contribution in [1.82, 2.24) is 5.43 Å². The van der Waals surface area contributed by atoms with Crippen molar-refractivity contribution < 1.29 is 9.47 Å². The minimum Gasteiger partial charge on any atom is -0.497 e. The van der Waals surface area contributed by atoms with Crippen LogP contribution in [0.5, 0.6) is 11.5 Å². The largest absolute Gasteiger partial charge is 0.497 e. The van der Waals surface area contributed by atoms with E-state index in [1.807, 2.05) is 18.2 Å². The van der Waals surface area contributed by atoms with Crippen molar-refractivity contribution in [3.63, 3.8) is 0 Å². The summed E-state index contributed by atoms with van der Waals surface area (Å²) in [6.45, 7) is 2.14. The van der Waals surface area contributed by atoms with Gasteiger partial charge in [0.15, 0.2) is 0 Å². The molecule has 0 bridgehead atoms. The number of hydrazine groups is 1. The molecule has 0 fully saturated rings. The van der Waals surface area contributed by atoms with Crippen LogP contribution < -0.4 is 20.7 Å². The Bertz CT molecular complexity index is 582. The Balaban J connectivity index is 2.40. The summed E-state index contributed by atoms with van der Waals surface area (Å²) in [6.07, 6.45) is 1.02. The molecule has 0 heterocycles. The van der Waals surface area contributed by atoms with Crippen LogP contribution in [0.15, 0.2) is 42.5 Å². The predicted octanol–water partition coefficient (Wildman–Crippen LogP) is 2.82. The smallest absolute Gasteiger partial charge is 0.127 e. The van der Waals surface area contributed by atoms with Gasteiger partial charge in [-0.1, -0.05) is 31.2 Å². The highest BCUT2D eigenvalue weighted by atomic mass is 16.5. The minimum atomic E-state index is -0.128. The van der Waals surface area contributed by atoms with Gasteiger partial charge in [0.05, 0.1) is 20.3 Å². The fourth-order valence-corrected chi connectivity index (χ4v) is 2.37. The van der Waals surface area contributed by atoms with Crippen LogP contribution in [0.3, 0.4) is 0 Å². The molecule has 0 aliphatic heterocycles. The summed E-state index contributed by atoms with van der Waals surface area (Å²) in [5.41, 5.74) is 6.24. The Morgan fingerprint density at radius 1 is 1.05 bits per heavy atom. The van der Waals surface area contributed by atoms with Gasteiger partial charge in [-0.3, -0.25) is 5.84 Å². The zero-order valence-electron chi connectivity index (χ0n) is 12.7. The molecule has 1 atom stereocenters. The third kappa shape index (κ3) is 3.35. The molecule has 2 aromatic carbocycles. The SMILES string of the molecule is CCc1ccc(C(NN)c2ccc(OC)cc2OC)cc1. The van der Waals surface area contributed by atoms with Gasteiger partial charge in [0.25, 0.3) is 0 Å². The van der Waals surface area contributed by atoms with Crippen LogP contribution in [0.25, 0.3) is 0 Å². The van der Waals surface area contributed by atoms with Gasteiger partial charge in [-0.05, 0) is 29.7 Å². The Morgan fingerprint density at radius 3 is 2.29 bits per heavy atom. The molecule has 0 radical (unpaired) electrons. The highest BCUT2D eigenvalue weighted by molar-refractivity contribution is 5.46. The van der Waals surface area contributed by atoms with E-state index in [0.29, 0.717) is 0 Å². The third-order valence-electron chi connectivity index (χ3n) is 3.64. The lowest BCUT2D eigenvalue weighted by Gasteiger charge is -2.20. The molecule has 2 rings (SSSR count). The first-order chi connectivity index (χ1) is 10.2. The highest BCUT2D eigenvalue weighted by Crippen LogP contribution is 2.32. The molecule has 112 valence electrons. The zero-order valence-corrected chi connectivity index (χ0v) is 12.7. The van der Waals surface area contributed by atoms with Crippen molar-refractivity contribution in [2.75, 3.05) is 14.2 Å². The van der Waals surface area contributed by atoms with Gasteiger partial charge in [-0.25, -0.2) is 5.43 Å². The van der Waals surface area contributed by atoms with Crippen molar-refractivity contribution in [3.8, 4) is 11.5 Å². The Morgan fingerprint density at radius 2 is 1.76 bits per heavy atom. The summed E-state index contributed by atoms with van der Waals surface area (Å²) in [7, 11) is 3.28. The molecule has 1 unspecified atom stereocenters. The molecule has 2 aromatic rings. The lowest BCUT2D eigenvalue weighted by Crippen LogP contribution is -2.29. The number of methoxy groups -OCH3 is 2. The van der Waals surface area contributed by atoms with Gasteiger partial charge in [-0.2, -0.15) is 0 Å². The predicted molar refractivity (Wildman–Crippen MR) is 84.5 cm³/mol. The van der Waals surface area contributed by atoms with Crippen molar-refractivity contribution in [1.29, 1.82) is 0 Å². The van der Waals surface area contributed by atoms with Gasteiger partial charge in [-0.15, -0.1) is 0 Å². The lowest BCUT2D eigenvalue weighted by molar-refractivity contribution is 0.387. The van der Waals surface area contributed by atoms with Crippen LogP contribution in [0.4, 0.5) is 0 Å². The monoisotopic (exact) mass is 286 g/mol.